The van der Waals surface area contributed by atoms with Gasteiger partial charge < -0.3 is 32.4 Å². The Balaban J connectivity index is 1.76. The molecule has 8 N–H and O–H groups in total. The number of fused-ring (bicyclic) bond motifs is 1. The molecule has 0 aliphatic rings. The largest absolute Gasteiger partial charge is 0.370 e. The highest BCUT2D eigenvalue weighted by atomic mass is 16.2. The average molecular weight is 521 g/mol. The summed E-state index contributed by atoms with van der Waals surface area (Å²) in [6.07, 6.45) is 1.74. The predicted octanol–water partition coefficient (Wildman–Crippen LogP) is 0.178. The maximum absolute atomic E-state index is 13.2. The van der Waals surface area contributed by atoms with E-state index in [9.17, 15) is 24.0 Å². The number of carbonyl (C=O) groups is 5. The lowest BCUT2D eigenvalue weighted by Crippen LogP contribution is -2.57. The van der Waals surface area contributed by atoms with Crippen molar-refractivity contribution in [2.75, 3.05) is 0 Å². The lowest BCUT2D eigenvalue weighted by Gasteiger charge is -2.24. The topological polar surface area (TPSA) is 189 Å². The van der Waals surface area contributed by atoms with Crippen molar-refractivity contribution in [2.45, 2.75) is 50.7 Å². The molecule has 1 heterocycles. The predicted molar refractivity (Wildman–Crippen MR) is 141 cm³/mol. The molecule has 3 rings (SSSR count). The molecule has 0 bridgehead atoms. The highest BCUT2D eigenvalue weighted by Crippen LogP contribution is 2.19. The lowest BCUT2D eigenvalue weighted by atomic mass is 10.0. The zero-order chi connectivity index (χ0) is 27.7. The molecular formula is C27H32N6O5. The van der Waals surface area contributed by atoms with E-state index in [1.165, 1.54) is 6.92 Å². The molecule has 0 unspecified atom stereocenters. The summed E-state index contributed by atoms with van der Waals surface area (Å²) in [7, 11) is 0. The highest BCUT2D eigenvalue weighted by molar-refractivity contribution is 5.94. The van der Waals surface area contributed by atoms with Crippen LogP contribution in [0.25, 0.3) is 10.9 Å². The van der Waals surface area contributed by atoms with E-state index in [-0.39, 0.29) is 25.7 Å². The number of carbonyl (C=O) groups excluding carboxylic acids is 5. The summed E-state index contributed by atoms with van der Waals surface area (Å²) in [4.78, 5) is 64.9. The minimum Gasteiger partial charge on any atom is -0.370 e. The number of amides is 5. The van der Waals surface area contributed by atoms with Crippen LogP contribution in [-0.4, -0.2) is 52.6 Å². The molecule has 3 atom stereocenters. The maximum Gasteiger partial charge on any atom is 0.243 e. The van der Waals surface area contributed by atoms with Crippen molar-refractivity contribution < 1.29 is 24.0 Å². The van der Waals surface area contributed by atoms with Gasteiger partial charge in [0.1, 0.15) is 18.1 Å². The summed E-state index contributed by atoms with van der Waals surface area (Å²) in [5.74, 6) is -3.18. The zero-order valence-corrected chi connectivity index (χ0v) is 21.0. The minimum absolute atomic E-state index is 0.108. The molecule has 2 aromatic carbocycles. The molecule has 3 aromatic rings. The summed E-state index contributed by atoms with van der Waals surface area (Å²) in [6.45, 7) is 1.28. The van der Waals surface area contributed by atoms with E-state index in [1.807, 2.05) is 42.5 Å². The standard InChI is InChI=1S/C27H32N6O5/c1-16(34)31-23(13-17-7-3-2-4-8-17)27(38)32-21(11-12-24(28)35)26(37)33-22(25(29)36)14-18-15-30-20-10-6-5-9-19(18)20/h2-10,15,21-23,30H,11-14H2,1H3,(H2,28,35)(H2,29,36)(H,31,34)(H,32,38)(H,33,37)/t21-,22+,23+/m0/s1. The first-order chi connectivity index (χ1) is 18.1. The molecule has 5 amide bonds. The molecule has 0 saturated carbocycles. The van der Waals surface area contributed by atoms with Crippen LogP contribution in [0.15, 0.2) is 60.8 Å². The van der Waals surface area contributed by atoms with Gasteiger partial charge in [-0.3, -0.25) is 24.0 Å². The van der Waals surface area contributed by atoms with Crippen LogP contribution in [0.1, 0.15) is 30.9 Å². The summed E-state index contributed by atoms with van der Waals surface area (Å²) in [6, 6.07) is 13.3. The first-order valence-corrected chi connectivity index (χ1v) is 12.2. The van der Waals surface area contributed by atoms with Crippen LogP contribution in [0, 0.1) is 0 Å². The van der Waals surface area contributed by atoms with Crippen LogP contribution in [0.4, 0.5) is 0 Å². The van der Waals surface area contributed by atoms with E-state index in [4.69, 9.17) is 11.5 Å². The number of benzene rings is 2. The van der Waals surface area contributed by atoms with Crippen LogP contribution in [0.5, 0.6) is 0 Å². The number of rotatable bonds is 13. The Morgan fingerprint density at radius 2 is 1.42 bits per heavy atom. The number of H-pyrrole nitrogens is 1. The number of hydrogen-bond acceptors (Lipinski definition) is 5. The average Bonchev–Trinajstić information content (AvgIpc) is 3.28. The Hall–Kier alpha value is -4.67. The zero-order valence-electron chi connectivity index (χ0n) is 21.0. The van der Waals surface area contributed by atoms with Crippen molar-refractivity contribution in [3.63, 3.8) is 0 Å². The van der Waals surface area contributed by atoms with Crippen LogP contribution in [-0.2, 0) is 36.8 Å². The van der Waals surface area contributed by atoms with Crippen molar-refractivity contribution in [3.8, 4) is 0 Å². The third kappa shape index (κ3) is 7.92. The molecule has 1 aromatic heterocycles. The van der Waals surface area contributed by atoms with Gasteiger partial charge in [-0.1, -0.05) is 48.5 Å². The van der Waals surface area contributed by atoms with Gasteiger partial charge in [-0.05, 0) is 23.6 Å². The molecular weight excluding hydrogens is 488 g/mol. The van der Waals surface area contributed by atoms with Gasteiger partial charge in [-0.25, -0.2) is 0 Å². The molecule has 0 aliphatic heterocycles. The number of primary amides is 2. The fraction of sp³-hybridized carbons (Fsp3) is 0.296. The maximum atomic E-state index is 13.2. The Labute approximate surface area is 219 Å². The van der Waals surface area contributed by atoms with E-state index in [0.29, 0.717) is 0 Å². The van der Waals surface area contributed by atoms with Crippen LogP contribution < -0.4 is 27.4 Å². The quantitative estimate of drug-likeness (QED) is 0.187. The van der Waals surface area contributed by atoms with Gasteiger partial charge in [0.25, 0.3) is 0 Å². The fourth-order valence-electron chi connectivity index (χ4n) is 4.15. The van der Waals surface area contributed by atoms with E-state index in [0.717, 1.165) is 22.0 Å². The number of nitrogens with one attached hydrogen (secondary N) is 4. The number of aromatic nitrogens is 1. The molecule has 38 heavy (non-hydrogen) atoms. The second-order valence-corrected chi connectivity index (χ2v) is 9.04. The number of aromatic amines is 1. The second kappa shape index (κ2) is 13.0. The molecule has 11 nitrogen and oxygen atoms in total. The van der Waals surface area contributed by atoms with E-state index in [1.54, 1.807) is 18.3 Å². The van der Waals surface area contributed by atoms with Crippen LogP contribution >= 0.6 is 0 Å². The van der Waals surface area contributed by atoms with Crippen molar-refractivity contribution in [1.29, 1.82) is 0 Å². The summed E-state index contributed by atoms with van der Waals surface area (Å²) < 4.78 is 0. The molecule has 11 heteroatoms. The summed E-state index contributed by atoms with van der Waals surface area (Å²) in [5, 5.41) is 8.67. The van der Waals surface area contributed by atoms with Gasteiger partial charge in [0.2, 0.25) is 29.5 Å². The fourth-order valence-corrected chi connectivity index (χ4v) is 4.15. The molecule has 0 spiro atoms. The summed E-state index contributed by atoms with van der Waals surface area (Å²) >= 11 is 0. The van der Waals surface area contributed by atoms with Crippen LogP contribution in [0.3, 0.4) is 0 Å². The SMILES string of the molecule is CC(=O)N[C@H](Cc1ccccc1)C(=O)N[C@@H](CCC(N)=O)C(=O)N[C@H](Cc1c[nH]c2ccccc12)C(N)=O. The van der Waals surface area contributed by atoms with Crippen molar-refractivity contribution in [1.82, 2.24) is 20.9 Å². The Kier molecular flexibility index (Phi) is 9.58. The van der Waals surface area contributed by atoms with E-state index >= 15 is 0 Å². The van der Waals surface area contributed by atoms with Gasteiger partial charge >= 0.3 is 0 Å². The Morgan fingerprint density at radius 3 is 2.08 bits per heavy atom. The van der Waals surface area contributed by atoms with Gasteiger partial charge in [-0.2, -0.15) is 0 Å². The Bertz CT molecular complexity index is 1310. The third-order valence-corrected chi connectivity index (χ3v) is 6.05. The van der Waals surface area contributed by atoms with Gasteiger partial charge in [0.15, 0.2) is 0 Å². The molecule has 0 radical (unpaired) electrons. The first kappa shape index (κ1) is 27.9. The lowest BCUT2D eigenvalue weighted by molar-refractivity contribution is -0.133. The van der Waals surface area contributed by atoms with Gasteiger partial charge in [0, 0.05) is 43.3 Å². The minimum atomic E-state index is -1.20. The number of hydrogen-bond donors (Lipinski definition) is 6. The van der Waals surface area contributed by atoms with E-state index < -0.39 is 47.7 Å². The van der Waals surface area contributed by atoms with E-state index in [2.05, 4.69) is 20.9 Å². The van der Waals surface area contributed by atoms with Gasteiger partial charge in [0.05, 0.1) is 0 Å². The second-order valence-electron chi connectivity index (χ2n) is 9.04. The number of para-hydroxylation sites is 1. The number of nitrogens with two attached hydrogens (primary N) is 2. The highest BCUT2D eigenvalue weighted by Gasteiger charge is 2.29. The monoisotopic (exact) mass is 520 g/mol. The van der Waals surface area contributed by atoms with Crippen LogP contribution in [0.2, 0.25) is 0 Å². The first-order valence-electron chi connectivity index (χ1n) is 12.2. The van der Waals surface area contributed by atoms with Crippen molar-refractivity contribution in [2.24, 2.45) is 11.5 Å². The Morgan fingerprint density at radius 1 is 0.789 bits per heavy atom. The van der Waals surface area contributed by atoms with Crippen molar-refractivity contribution in [3.05, 3.63) is 71.9 Å². The molecule has 200 valence electrons. The molecule has 0 fully saturated rings. The van der Waals surface area contributed by atoms with Gasteiger partial charge in [-0.15, -0.1) is 0 Å². The summed E-state index contributed by atoms with van der Waals surface area (Å²) in [5.41, 5.74) is 13.3. The smallest absolute Gasteiger partial charge is 0.243 e. The molecule has 0 aliphatic carbocycles. The van der Waals surface area contributed by atoms with Crippen molar-refractivity contribution >= 4 is 40.4 Å². The normalized spacial score (nSPS) is 13.2. The molecule has 0 saturated heterocycles. The third-order valence-electron chi connectivity index (χ3n) is 6.05.